The number of likely N-dealkylation sites (tertiary alicyclic amines) is 1. The molecule has 3 aromatic rings. The van der Waals surface area contributed by atoms with Crippen LogP contribution in [0.3, 0.4) is 0 Å². The smallest absolute Gasteiger partial charge is 0.320 e. The summed E-state index contributed by atoms with van der Waals surface area (Å²) in [5.74, 6) is -0.158. The summed E-state index contributed by atoms with van der Waals surface area (Å²) in [5, 5.41) is 5.85. The highest BCUT2D eigenvalue weighted by Crippen LogP contribution is 2.33. The average molecular weight is 514 g/mol. The molecule has 38 heavy (non-hydrogen) atoms. The fourth-order valence-electron chi connectivity index (χ4n) is 5.78. The molecule has 3 aromatic carbocycles. The van der Waals surface area contributed by atoms with E-state index in [0.29, 0.717) is 37.2 Å². The van der Waals surface area contributed by atoms with Crippen molar-refractivity contribution >= 4 is 23.4 Å². The monoisotopic (exact) mass is 513 g/mol. The van der Waals surface area contributed by atoms with E-state index >= 15 is 0 Å². The number of halogens is 1. The Balaban J connectivity index is 1.34. The van der Waals surface area contributed by atoms with Crippen LogP contribution in [0.25, 0.3) is 0 Å². The van der Waals surface area contributed by atoms with Crippen LogP contribution >= 0.6 is 0 Å². The second-order valence-electron chi connectivity index (χ2n) is 10.5. The van der Waals surface area contributed by atoms with Crippen molar-refractivity contribution in [3.8, 4) is 0 Å². The van der Waals surface area contributed by atoms with E-state index in [-0.39, 0.29) is 23.4 Å². The van der Waals surface area contributed by atoms with Crippen molar-refractivity contribution in [1.29, 1.82) is 0 Å². The Morgan fingerprint density at radius 1 is 0.974 bits per heavy atom. The molecule has 0 radical (unpaired) electrons. The largest absolute Gasteiger partial charge is 0.340 e. The fourth-order valence-corrected chi connectivity index (χ4v) is 5.78. The summed E-state index contributed by atoms with van der Waals surface area (Å²) in [6, 6.07) is 20.7. The van der Waals surface area contributed by atoms with Gasteiger partial charge in [-0.2, -0.15) is 0 Å². The third-order valence-corrected chi connectivity index (χ3v) is 7.64. The summed E-state index contributed by atoms with van der Waals surface area (Å²) in [5.41, 5.74) is 3.06. The van der Waals surface area contributed by atoms with Gasteiger partial charge in [0.25, 0.3) is 0 Å². The maximum Gasteiger partial charge on any atom is 0.320 e. The topological polar surface area (TPSA) is 78.5 Å². The number of anilines is 1. The number of ketones is 1. The van der Waals surface area contributed by atoms with Crippen LogP contribution < -0.4 is 10.6 Å². The predicted molar refractivity (Wildman–Crippen MR) is 145 cm³/mol. The van der Waals surface area contributed by atoms with Crippen molar-refractivity contribution in [3.05, 3.63) is 101 Å². The molecule has 2 N–H and O–H groups in total. The Bertz CT molecular complexity index is 1330. The zero-order chi connectivity index (χ0) is 26.7. The lowest BCUT2D eigenvalue weighted by Crippen LogP contribution is -2.62. The van der Waals surface area contributed by atoms with Gasteiger partial charge in [0.1, 0.15) is 11.4 Å². The second kappa shape index (κ2) is 10.8. The van der Waals surface area contributed by atoms with Crippen LogP contribution in [-0.2, 0) is 24.1 Å². The normalized spacial score (nSPS) is 17.9. The third kappa shape index (κ3) is 5.62. The number of carbonyl (C=O) groups is 3. The molecule has 1 atom stereocenters. The van der Waals surface area contributed by atoms with E-state index in [2.05, 4.69) is 10.6 Å². The molecule has 3 amide bonds. The van der Waals surface area contributed by atoms with E-state index in [1.165, 1.54) is 19.1 Å². The minimum Gasteiger partial charge on any atom is -0.340 e. The lowest BCUT2D eigenvalue weighted by atomic mass is 9.88. The van der Waals surface area contributed by atoms with Gasteiger partial charge in [-0.25, -0.2) is 9.18 Å². The fraction of sp³-hybridized carbons (Fsp3) is 0.323. The summed E-state index contributed by atoms with van der Waals surface area (Å²) in [6.45, 7) is 2.71. The van der Waals surface area contributed by atoms with Gasteiger partial charge in [0, 0.05) is 37.2 Å². The van der Waals surface area contributed by atoms with Gasteiger partial charge in [-0.3, -0.25) is 9.59 Å². The molecule has 1 fully saturated rings. The van der Waals surface area contributed by atoms with Crippen LogP contribution in [0.5, 0.6) is 0 Å². The number of rotatable bonds is 6. The van der Waals surface area contributed by atoms with Crippen molar-refractivity contribution in [2.75, 3.05) is 18.4 Å². The number of carbonyl (C=O) groups excluding carboxylic acids is 3. The number of urea groups is 1. The van der Waals surface area contributed by atoms with Crippen molar-refractivity contribution in [3.63, 3.8) is 0 Å². The summed E-state index contributed by atoms with van der Waals surface area (Å²) >= 11 is 0. The summed E-state index contributed by atoms with van der Waals surface area (Å²) in [6.07, 6.45) is 3.49. The van der Waals surface area contributed by atoms with Gasteiger partial charge in [-0.05, 0) is 73.1 Å². The summed E-state index contributed by atoms with van der Waals surface area (Å²) in [4.78, 5) is 41.0. The first-order valence-electron chi connectivity index (χ1n) is 13.1. The Hall–Kier alpha value is -4.00. The predicted octanol–water partition coefficient (Wildman–Crippen LogP) is 5.17. The van der Waals surface area contributed by atoms with Gasteiger partial charge in [-0.15, -0.1) is 0 Å². The van der Waals surface area contributed by atoms with Gasteiger partial charge in [-0.1, -0.05) is 48.5 Å². The first-order valence-corrected chi connectivity index (χ1v) is 13.1. The van der Waals surface area contributed by atoms with Gasteiger partial charge < -0.3 is 15.5 Å². The van der Waals surface area contributed by atoms with Gasteiger partial charge >= 0.3 is 6.03 Å². The maximum absolute atomic E-state index is 14.2. The standard InChI is InChI=1S/C31H32FN3O3/c1-21(36)24-9-4-10-28(17-24)33-30(38)34-31(18-25-7-2-3-8-26(25)19-31)29(37)35-15-5-6-23(20-35)16-22-11-13-27(32)14-12-22/h2-4,7-14,17,23H,5-6,15-16,18-20H2,1H3,(H2,33,34,38)/t23-/m0/s1. The molecule has 7 heteroatoms. The molecule has 2 aliphatic rings. The molecular formula is C31H32FN3O3. The van der Waals surface area contributed by atoms with Gasteiger partial charge in [0.05, 0.1) is 0 Å². The Morgan fingerprint density at radius 3 is 2.37 bits per heavy atom. The highest BCUT2D eigenvalue weighted by Gasteiger charge is 2.47. The van der Waals surface area contributed by atoms with Crippen LogP contribution in [0.1, 0.15) is 46.8 Å². The van der Waals surface area contributed by atoms with E-state index in [4.69, 9.17) is 0 Å². The van der Waals surface area contributed by atoms with Gasteiger partial charge in [0.15, 0.2) is 5.78 Å². The molecule has 1 saturated heterocycles. The molecular weight excluding hydrogens is 481 g/mol. The minimum absolute atomic E-state index is 0.0786. The molecule has 0 bridgehead atoms. The first kappa shape index (κ1) is 25.6. The van der Waals surface area contributed by atoms with E-state index in [1.807, 2.05) is 29.2 Å². The third-order valence-electron chi connectivity index (χ3n) is 7.64. The zero-order valence-corrected chi connectivity index (χ0v) is 21.5. The minimum atomic E-state index is -1.09. The number of piperidine rings is 1. The number of hydrogen-bond donors (Lipinski definition) is 2. The van der Waals surface area contributed by atoms with Crippen LogP contribution in [0.4, 0.5) is 14.9 Å². The molecule has 196 valence electrons. The molecule has 0 saturated carbocycles. The molecule has 0 unspecified atom stereocenters. The van der Waals surface area contributed by atoms with E-state index in [0.717, 1.165) is 36.0 Å². The molecule has 1 heterocycles. The number of Topliss-reactive ketones (excluding diaryl/α,β-unsaturated/α-hetero) is 1. The number of hydrogen-bond acceptors (Lipinski definition) is 3. The molecule has 1 aliphatic heterocycles. The molecule has 5 rings (SSSR count). The van der Waals surface area contributed by atoms with Crippen LogP contribution in [0.15, 0.2) is 72.8 Å². The van der Waals surface area contributed by atoms with Crippen LogP contribution in [0, 0.1) is 11.7 Å². The first-order chi connectivity index (χ1) is 18.3. The average Bonchev–Trinajstić information content (AvgIpc) is 3.29. The van der Waals surface area contributed by atoms with Crippen LogP contribution in [-0.4, -0.2) is 41.2 Å². The molecule has 0 spiro atoms. The number of fused-ring (bicyclic) bond motifs is 1. The highest BCUT2D eigenvalue weighted by atomic mass is 19.1. The summed E-state index contributed by atoms with van der Waals surface area (Å²) in [7, 11) is 0. The van der Waals surface area contributed by atoms with Crippen molar-refractivity contribution in [2.24, 2.45) is 5.92 Å². The molecule has 6 nitrogen and oxygen atoms in total. The quantitative estimate of drug-likeness (QED) is 0.447. The van der Waals surface area contributed by atoms with Crippen LogP contribution in [0.2, 0.25) is 0 Å². The Labute approximate surface area is 222 Å². The lowest BCUT2D eigenvalue weighted by molar-refractivity contribution is -0.139. The number of benzene rings is 3. The van der Waals surface area contributed by atoms with Crippen molar-refractivity contribution in [1.82, 2.24) is 10.2 Å². The molecule has 0 aromatic heterocycles. The summed E-state index contributed by atoms with van der Waals surface area (Å²) < 4.78 is 13.4. The van der Waals surface area contributed by atoms with Gasteiger partial charge in [0.2, 0.25) is 5.91 Å². The molecule has 1 aliphatic carbocycles. The zero-order valence-electron chi connectivity index (χ0n) is 21.5. The Morgan fingerprint density at radius 2 is 1.68 bits per heavy atom. The van der Waals surface area contributed by atoms with E-state index in [9.17, 15) is 18.8 Å². The highest BCUT2D eigenvalue weighted by molar-refractivity contribution is 5.99. The SMILES string of the molecule is CC(=O)c1cccc(NC(=O)NC2(C(=O)N3CCC[C@@H](Cc4ccc(F)cc4)C3)Cc3ccccc3C2)c1. The number of nitrogens with one attached hydrogen (secondary N) is 2. The number of amides is 3. The Kier molecular flexibility index (Phi) is 7.27. The van der Waals surface area contributed by atoms with Crippen molar-refractivity contribution in [2.45, 2.75) is 44.6 Å². The maximum atomic E-state index is 14.2. The lowest BCUT2D eigenvalue weighted by Gasteiger charge is -2.39. The van der Waals surface area contributed by atoms with Crippen molar-refractivity contribution < 1.29 is 18.8 Å². The van der Waals surface area contributed by atoms with E-state index in [1.54, 1.807) is 36.4 Å². The second-order valence-corrected chi connectivity index (χ2v) is 10.5. The number of nitrogens with zero attached hydrogens (tertiary/aromatic N) is 1. The van der Waals surface area contributed by atoms with E-state index < -0.39 is 11.6 Å².